The fourth-order valence-electron chi connectivity index (χ4n) is 2.10. The van der Waals surface area contributed by atoms with E-state index in [-0.39, 0.29) is 11.3 Å². The maximum Gasteiger partial charge on any atom is 0.202 e. The Morgan fingerprint density at radius 1 is 1.15 bits per heavy atom. The van der Waals surface area contributed by atoms with Crippen LogP contribution in [0.25, 0.3) is 22.1 Å². The Hall–Kier alpha value is -1.78. The number of benzene rings is 2. The van der Waals surface area contributed by atoms with Crippen LogP contribution in [-0.4, -0.2) is 0 Å². The summed E-state index contributed by atoms with van der Waals surface area (Å²) >= 11 is 9.48. The first kappa shape index (κ1) is 13.2. The molecule has 20 heavy (non-hydrogen) atoms. The highest BCUT2D eigenvalue weighted by atomic mass is 79.9. The molecule has 1 aromatic heterocycles. The maximum atomic E-state index is 12.6. The van der Waals surface area contributed by atoms with Crippen LogP contribution < -0.4 is 11.2 Å². The molecule has 0 saturated heterocycles. The molecule has 0 amide bonds. The molecular weight excluding hydrogens is 342 g/mol. The quantitative estimate of drug-likeness (QED) is 0.705. The van der Waals surface area contributed by atoms with Crippen LogP contribution >= 0.6 is 27.5 Å². The maximum absolute atomic E-state index is 12.6. The molecule has 100 valence electrons. The van der Waals surface area contributed by atoms with Gasteiger partial charge in [-0.05, 0) is 24.3 Å². The lowest BCUT2D eigenvalue weighted by Gasteiger charge is -2.08. The van der Waals surface area contributed by atoms with Gasteiger partial charge in [0.05, 0.1) is 10.9 Å². The van der Waals surface area contributed by atoms with Gasteiger partial charge in [-0.25, -0.2) is 0 Å². The van der Waals surface area contributed by atoms with Gasteiger partial charge in [-0.3, -0.25) is 4.79 Å². The van der Waals surface area contributed by atoms with Gasteiger partial charge in [0.15, 0.2) is 0 Å². The summed E-state index contributed by atoms with van der Waals surface area (Å²) in [6, 6.07) is 12.2. The molecule has 3 aromatic rings. The minimum Gasteiger partial charge on any atom is -0.440 e. The third kappa shape index (κ3) is 2.11. The van der Waals surface area contributed by atoms with Crippen LogP contribution in [0.2, 0.25) is 5.02 Å². The number of hydrogen-bond acceptors (Lipinski definition) is 3. The van der Waals surface area contributed by atoms with Crippen molar-refractivity contribution in [1.29, 1.82) is 0 Å². The highest BCUT2D eigenvalue weighted by molar-refractivity contribution is 9.10. The van der Waals surface area contributed by atoms with E-state index >= 15 is 0 Å². The summed E-state index contributed by atoms with van der Waals surface area (Å²) in [7, 11) is 0. The monoisotopic (exact) mass is 349 g/mol. The van der Waals surface area contributed by atoms with Crippen molar-refractivity contribution >= 4 is 44.4 Å². The predicted molar refractivity (Wildman–Crippen MR) is 85.0 cm³/mol. The van der Waals surface area contributed by atoms with E-state index in [1.54, 1.807) is 42.5 Å². The predicted octanol–water partition coefficient (Wildman–Crippen LogP) is 4.46. The first-order chi connectivity index (χ1) is 9.58. The second-order valence-corrected chi connectivity index (χ2v) is 5.61. The Kier molecular flexibility index (Phi) is 3.28. The van der Waals surface area contributed by atoms with Crippen LogP contribution in [0, 0.1) is 0 Å². The van der Waals surface area contributed by atoms with E-state index in [1.807, 2.05) is 0 Å². The number of rotatable bonds is 1. The highest BCUT2D eigenvalue weighted by Gasteiger charge is 2.16. The normalized spacial score (nSPS) is 10.9. The third-order valence-corrected chi connectivity index (χ3v) is 3.85. The summed E-state index contributed by atoms with van der Waals surface area (Å²) in [4.78, 5) is 12.6. The van der Waals surface area contributed by atoms with E-state index < -0.39 is 0 Å². The summed E-state index contributed by atoms with van der Waals surface area (Å²) < 4.78 is 6.33. The summed E-state index contributed by atoms with van der Waals surface area (Å²) in [6.45, 7) is 0. The molecule has 0 aliphatic heterocycles. The molecule has 0 spiro atoms. The molecule has 0 fully saturated rings. The van der Waals surface area contributed by atoms with Crippen molar-refractivity contribution in [3.63, 3.8) is 0 Å². The van der Waals surface area contributed by atoms with Gasteiger partial charge in [0.2, 0.25) is 11.3 Å². The number of anilines is 1. The Labute approximate surface area is 128 Å². The minimum absolute atomic E-state index is 0.0675. The van der Waals surface area contributed by atoms with E-state index in [0.717, 1.165) is 4.47 Å². The van der Waals surface area contributed by atoms with Crippen molar-refractivity contribution in [2.75, 3.05) is 5.73 Å². The van der Waals surface area contributed by atoms with Crippen molar-refractivity contribution in [1.82, 2.24) is 0 Å². The average molecular weight is 351 g/mol. The van der Waals surface area contributed by atoms with Crippen LogP contribution in [-0.2, 0) is 0 Å². The van der Waals surface area contributed by atoms with E-state index in [1.165, 1.54) is 0 Å². The van der Waals surface area contributed by atoms with Gasteiger partial charge < -0.3 is 10.2 Å². The van der Waals surface area contributed by atoms with Gasteiger partial charge in [0.1, 0.15) is 5.58 Å². The molecule has 2 aromatic carbocycles. The molecule has 3 rings (SSSR count). The fraction of sp³-hybridized carbons (Fsp3) is 0. The largest absolute Gasteiger partial charge is 0.440 e. The van der Waals surface area contributed by atoms with E-state index in [9.17, 15) is 4.79 Å². The Morgan fingerprint density at radius 3 is 2.65 bits per heavy atom. The second-order valence-electron chi connectivity index (χ2n) is 4.29. The van der Waals surface area contributed by atoms with Gasteiger partial charge in [-0.2, -0.15) is 0 Å². The van der Waals surface area contributed by atoms with Crippen LogP contribution in [0.4, 0.5) is 5.88 Å². The number of nitrogens with two attached hydrogens (primary N) is 1. The zero-order valence-corrected chi connectivity index (χ0v) is 12.5. The van der Waals surface area contributed by atoms with Crippen molar-refractivity contribution in [2.24, 2.45) is 0 Å². The topological polar surface area (TPSA) is 56.2 Å². The standard InChI is InChI=1S/C15H9BrClNO2/c16-8-5-6-12-10(7-8)14(19)13(15(18)20-12)9-3-1-2-4-11(9)17/h1-7H,18H2. The fourth-order valence-corrected chi connectivity index (χ4v) is 2.70. The van der Waals surface area contributed by atoms with Gasteiger partial charge in [-0.15, -0.1) is 0 Å². The van der Waals surface area contributed by atoms with Crippen LogP contribution in [0.1, 0.15) is 0 Å². The van der Waals surface area contributed by atoms with Crippen LogP contribution in [0.15, 0.2) is 56.1 Å². The average Bonchev–Trinajstić information content (AvgIpc) is 2.42. The lowest BCUT2D eigenvalue weighted by molar-refractivity contribution is 0.626. The molecule has 0 saturated carbocycles. The summed E-state index contributed by atoms with van der Waals surface area (Å²) in [5, 5.41) is 0.921. The zero-order valence-electron chi connectivity index (χ0n) is 10.2. The SMILES string of the molecule is Nc1oc2ccc(Br)cc2c(=O)c1-c1ccccc1Cl. The van der Waals surface area contributed by atoms with E-state index in [2.05, 4.69) is 15.9 Å². The number of halogens is 2. The Morgan fingerprint density at radius 2 is 1.90 bits per heavy atom. The molecule has 5 heteroatoms. The third-order valence-electron chi connectivity index (χ3n) is 3.02. The molecule has 0 aliphatic carbocycles. The lowest BCUT2D eigenvalue weighted by Crippen LogP contribution is -2.09. The smallest absolute Gasteiger partial charge is 0.202 e. The van der Waals surface area contributed by atoms with E-state index in [0.29, 0.717) is 27.1 Å². The Balaban J connectivity index is 2.43. The number of nitrogen functional groups attached to an aromatic ring is 1. The van der Waals surface area contributed by atoms with Crippen molar-refractivity contribution in [3.8, 4) is 11.1 Å². The van der Waals surface area contributed by atoms with Gasteiger partial charge in [0, 0.05) is 15.1 Å². The summed E-state index contributed by atoms with van der Waals surface area (Å²) in [5.74, 6) is 0.0675. The molecule has 3 nitrogen and oxygen atoms in total. The molecular formula is C15H9BrClNO2. The molecule has 2 N–H and O–H groups in total. The molecule has 0 bridgehead atoms. The van der Waals surface area contributed by atoms with Crippen LogP contribution in [0.5, 0.6) is 0 Å². The van der Waals surface area contributed by atoms with Gasteiger partial charge in [-0.1, -0.05) is 45.7 Å². The number of fused-ring (bicyclic) bond motifs is 1. The van der Waals surface area contributed by atoms with E-state index in [4.69, 9.17) is 21.8 Å². The first-order valence-corrected chi connectivity index (χ1v) is 7.02. The van der Waals surface area contributed by atoms with Crippen LogP contribution in [0.3, 0.4) is 0 Å². The molecule has 0 unspecified atom stereocenters. The molecule has 1 heterocycles. The minimum atomic E-state index is -0.196. The molecule has 0 aliphatic rings. The summed E-state index contributed by atoms with van der Waals surface area (Å²) in [5.41, 5.74) is 7.01. The second kappa shape index (κ2) is 4.96. The van der Waals surface area contributed by atoms with Crippen molar-refractivity contribution in [3.05, 3.63) is 62.2 Å². The molecule has 0 atom stereocenters. The van der Waals surface area contributed by atoms with Crippen molar-refractivity contribution < 1.29 is 4.42 Å². The molecule has 0 radical (unpaired) electrons. The highest BCUT2D eigenvalue weighted by Crippen LogP contribution is 2.31. The van der Waals surface area contributed by atoms with Gasteiger partial charge in [0.25, 0.3) is 0 Å². The van der Waals surface area contributed by atoms with Crippen molar-refractivity contribution in [2.45, 2.75) is 0 Å². The first-order valence-electron chi connectivity index (χ1n) is 5.84. The van der Waals surface area contributed by atoms with Gasteiger partial charge >= 0.3 is 0 Å². The Bertz CT molecular complexity index is 873. The zero-order chi connectivity index (χ0) is 14.3. The lowest BCUT2D eigenvalue weighted by atomic mass is 10.0. The number of hydrogen-bond donors (Lipinski definition) is 1. The summed E-state index contributed by atoms with van der Waals surface area (Å²) in [6.07, 6.45) is 0.